The number of carboxylic acid groups (broad SMARTS) is 1. The Kier molecular flexibility index (Phi) is 7.06. The molecular weight excluding hydrogens is 527 g/mol. The number of pyridine rings is 1. The number of rotatable bonds is 3. The van der Waals surface area contributed by atoms with Crippen LogP contribution in [0.1, 0.15) is 75.6 Å². The van der Waals surface area contributed by atoms with Crippen molar-refractivity contribution in [3.05, 3.63) is 46.6 Å². The normalized spacial score (nSPS) is 19.5. The fraction of sp³-hybridized carbons (Fsp3) is 0.517. The average molecular weight is 564 g/mol. The van der Waals surface area contributed by atoms with Gasteiger partial charge in [-0.15, -0.1) is 0 Å². The average Bonchev–Trinajstić information content (AvgIpc) is 3.19. The summed E-state index contributed by atoms with van der Waals surface area (Å²) in [5, 5.41) is 12.7. The van der Waals surface area contributed by atoms with E-state index in [1.54, 1.807) is 26.8 Å². The molecule has 0 aliphatic carbocycles. The highest BCUT2D eigenvalue weighted by molar-refractivity contribution is 6.63. The van der Waals surface area contributed by atoms with Gasteiger partial charge in [0.15, 0.2) is 0 Å². The molecule has 2 aromatic rings. The number of amides is 3. The Morgan fingerprint density at radius 3 is 2.34 bits per heavy atom. The standard InChI is InChI=1S/C29H37BN4O7/c1-27(2,3)39-26(38)34-16-18-19(30-40-28(4,5)29(6,7)41-30)9-10-21(23(18)24(34)35)32-22-11-8-17-12-14-33(25(36)37)15-13-20(17)31-22/h8-11H,12-16H2,1-7H3,(H,31,32)(H,36,37). The second-order valence-corrected chi connectivity index (χ2v) is 12.7. The number of nitrogens with zero attached hydrogens (tertiary/aromatic N) is 3. The van der Waals surface area contributed by atoms with Gasteiger partial charge in [0.25, 0.3) is 5.91 Å². The van der Waals surface area contributed by atoms with Crippen LogP contribution >= 0.6 is 0 Å². The molecule has 3 aliphatic rings. The predicted octanol–water partition coefficient (Wildman–Crippen LogP) is 4.09. The number of carbonyl (C=O) groups is 3. The summed E-state index contributed by atoms with van der Waals surface area (Å²) in [7, 11) is -0.725. The van der Waals surface area contributed by atoms with Gasteiger partial charge in [-0.25, -0.2) is 19.5 Å². The molecule has 12 heteroatoms. The molecule has 218 valence electrons. The lowest BCUT2D eigenvalue weighted by Crippen LogP contribution is -2.41. The van der Waals surface area contributed by atoms with Gasteiger partial charge in [-0.05, 0) is 83.6 Å². The molecule has 3 aliphatic heterocycles. The third-order valence-corrected chi connectivity index (χ3v) is 8.12. The van der Waals surface area contributed by atoms with Crippen LogP contribution in [0.25, 0.3) is 0 Å². The quantitative estimate of drug-likeness (QED) is 0.530. The Hall–Kier alpha value is -3.64. The van der Waals surface area contributed by atoms with Gasteiger partial charge in [0.05, 0.1) is 29.0 Å². The van der Waals surface area contributed by atoms with Crippen molar-refractivity contribution in [3.8, 4) is 0 Å². The second-order valence-electron chi connectivity index (χ2n) is 12.7. The summed E-state index contributed by atoms with van der Waals surface area (Å²) in [6, 6.07) is 7.37. The zero-order valence-electron chi connectivity index (χ0n) is 24.7. The van der Waals surface area contributed by atoms with Crippen LogP contribution in [0.4, 0.5) is 21.1 Å². The van der Waals surface area contributed by atoms with E-state index in [9.17, 15) is 19.5 Å². The zero-order valence-corrected chi connectivity index (χ0v) is 24.7. The lowest BCUT2D eigenvalue weighted by molar-refractivity contribution is 0.00578. The zero-order chi connectivity index (χ0) is 29.9. The summed E-state index contributed by atoms with van der Waals surface area (Å²) in [5.41, 5.74) is 1.97. The van der Waals surface area contributed by atoms with Crippen molar-refractivity contribution in [1.82, 2.24) is 14.8 Å². The molecule has 1 aromatic carbocycles. The smallest absolute Gasteiger partial charge is 0.465 e. The monoisotopic (exact) mass is 564 g/mol. The third-order valence-electron chi connectivity index (χ3n) is 8.12. The highest BCUT2D eigenvalue weighted by atomic mass is 16.7. The molecule has 0 unspecified atom stereocenters. The minimum Gasteiger partial charge on any atom is -0.465 e. The first-order valence-corrected chi connectivity index (χ1v) is 13.9. The Bertz CT molecular complexity index is 1400. The Morgan fingerprint density at radius 1 is 1.05 bits per heavy atom. The van der Waals surface area contributed by atoms with Crippen molar-refractivity contribution >= 4 is 42.2 Å². The van der Waals surface area contributed by atoms with E-state index < -0.39 is 42.0 Å². The van der Waals surface area contributed by atoms with Crippen LogP contribution < -0.4 is 10.8 Å². The summed E-state index contributed by atoms with van der Waals surface area (Å²) in [4.78, 5) is 45.5. The van der Waals surface area contributed by atoms with Gasteiger partial charge in [-0.3, -0.25) is 4.79 Å². The summed E-state index contributed by atoms with van der Waals surface area (Å²) in [5.74, 6) is 0.0311. The number of nitrogens with one attached hydrogen (secondary N) is 1. The first-order chi connectivity index (χ1) is 19.1. The number of hydrogen-bond donors (Lipinski definition) is 2. The molecule has 0 radical (unpaired) electrons. The van der Waals surface area contributed by atoms with Gasteiger partial charge in [0, 0.05) is 25.2 Å². The Labute approximate surface area is 240 Å². The number of hydrogen-bond acceptors (Lipinski definition) is 8. The fourth-order valence-electron chi connectivity index (χ4n) is 5.18. The van der Waals surface area contributed by atoms with E-state index in [1.807, 2.05) is 45.9 Å². The maximum atomic E-state index is 13.8. The van der Waals surface area contributed by atoms with Crippen LogP contribution in [0.15, 0.2) is 24.3 Å². The van der Waals surface area contributed by atoms with Crippen molar-refractivity contribution in [1.29, 1.82) is 0 Å². The van der Waals surface area contributed by atoms with E-state index in [1.165, 1.54) is 4.90 Å². The van der Waals surface area contributed by atoms with E-state index in [0.717, 1.165) is 16.2 Å². The molecule has 1 saturated heterocycles. The van der Waals surface area contributed by atoms with Gasteiger partial charge in [0.1, 0.15) is 11.4 Å². The van der Waals surface area contributed by atoms with E-state index in [4.69, 9.17) is 19.0 Å². The van der Waals surface area contributed by atoms with Crippen molar-refractivity contribution in [2.24, 2.45) is 0 Å². The molecule has 1 aromatic heterocycles. The van der Waals surface area contributed by atoms with E-state index in [-0.39, 0.29) is 6.54 Å². The van der Waals surface area contributed by atoms with Gasteiger partial charge < -0.3 is 29.4 Å². The lowest BCUT2D eigenvalue weighted by Gasteiger charge is -2.32. The molecule has 2 N–H and O–H groups in total. The largest absolute Gasteiger partial charge is 0.495 e. The van der Waals surface area contributed by atoms with Gasteiger partial charge >= 0.3 is 19.3 Å². The SMILES string of the molecule is CC(C)(C)OC(=O)N1Cc2c(B3OC(C)(C)C(C)(C)O3)ccc(Nc3ccc4c(n3)CCN(C(=O)O)CC4)c2C1=O. The minimum absolute atomic E-state index is 0.0145. The van der Waals surface area contributed by atoms with Gasteiger partial charge in [0.2, 0.25) is 0 Å². The first-order valence-electron chi connectivity index (χ1n) is 13.9. The van der Waals surface area contributed by atoms with Crippen LogP contribution in [0.5, 0.6) is 0 Å². The summed E-state index contributed by atoms with van der Waals surface area (Å²) >= 11 is 0. The molecule has 1 fully saturated rings. The Balaban J connectivity index is 1.50. The number of fused-ring (bicyclic) bond motifs is 2. The third kappa shape index (κ3) is 5.50. The molecule has 0 atom stereocenters. The number of benzene rings is 1. The molecule has 11 nitrogen and oxygen atoms in total. The molecule has 3 amide bonds. The number of imide groups is 1. The molecule has 41 heavy (non-hydrogen) atoms. The second kappa shape index (κ2) is 10.0. The summed E-state index contributed by atoms with van der Waals surface area (Å²) in [6.07, 6.45) is -0.602. The van der Waals surface area contributed by atoms with E-state index >= 15 is 0 Å². The number of aromatic nitrogens is 1. The molecule has 0 bridgehead atoms. The first kappa shape index (κ1) is 28.9. The van der Waals surface area contributed by atoms with Gasteiger partial charge in [-0.2, -0.15) is 0 Å². The van der Waals surface area contributed by atoms with E-state index in [2.05, 4.69) is 5.32 Å². The molecule has 4 heterocycles. The van der Waals surface area contributed by atoms with Crippen molar-refractivity contribution in [3.63, 3.8) is 0 Å². The number of carbonyl (C=O) groups excluding carboxylic acids is 2. The Morgan fingerprint density at radius 2 is 1.71 bits per heavy atom. The molecular formula is C29H37BN4O7. The van der Waals surface area contributed by atoms with Crippen LogP contribution in [0.3, 0.4) is 0 Å². The highest BCUT2D eigenvalue weighted by Crippen LogP contribution is 2.39. The number of ether oxygens (including phenoxy) is 1. The molecule has 0 saturated carbocycles. The van der Waals surface area contributed by atoms with Crippen LogP contribution in [0, 0.1) is 0 Å². The van der Waals surface area contributed by atoms with Gasteiger partial charge in [-0.1, -0.05) is 12.1 Å². The predicted molar refractivity (Wildman–Crippen MR) is 153 cm³/mol. The fourth-order valence-corrected chi connectivity index (χ4v) is 5.18. The molecule has 5 rings (SSSR count). The van der Waals surface area contributed by atoms with Crippen LogP contribution in [-0.2, 0) is 33.4 Å². The van der Waals surface area contributed by atoms with E-state index in [0.29, 0.717) is 54.0 Å². The van der Waals surface area contributed by atoms with Crippen molar-refractivity contribution in [2.45, 2.75) is 84.7 Å². The van der Waals surface area contributed by atoms with Crippen molar-refractivity contribution < 1.29 is 33.5 Å². The lowest BCUT2D eigenvalue weighted by atomic mass is 9.74. The topological polar surface area (TPSA) is 131 Å². The summed E-state index contributed by atoms with van der Waals surface area (Å²) in [6.45, 7) is 13.9. The van der Waals surface area contributed by atoms with Crippen LogP contribution in [-0.4, -0.2) is 75.0 Å². The van der Waals surface area contributed by atoms with Crippen molar-refractivity contribution in [2.75, 3.05) is 18.4 Å². The minimum atomic E-state index is -0.943. The van der Waals surface area contributed by atoms with Crippen LogP contribution in [0.2, 0.25) is 0 Å². The molecule has 0 spiro atoms. The summed E-state index contributed by atoms with van der Waals surface area (Å²) < 4.78 is 18.1. The number of anilines is 2. The maximum Gasteiger partial charge on any atom is 0.495 e. The maximum absolute atomic E-state index is 13.8. The highest BCUT2D eigenvalue weighted by Gasteiger charge is 2.53.